The predicted molar refractivity (Wildman–Crippen MR) is 105 cm³/mol. The number of hydrogen-bond acceptors (Lipinski definition) is 4. The Hall–Kier alpha value is -1.89. The van der Waals surface area contributed by atoms with Gasteiger partial charge in [-0.05, 0) is 50.2 Å². The van der Waals surface area contributed by atoms with Crippen LogP contribution in [0.2, 0.25) is 0 Å². The van der Waals surface area contributed by atoms with E-state index >= 15 is 0 Å². The second kappa shape index (κ2) is 9.88. The van der Waals surface area contributed by atoms with Crippen molar-refractivity contribution in [3.05, 3.63) is 21.4 Å². The van der Waals surface area contributed by atoms with Gasteiger partial charge in [-0.1, -0.05) is 32.1 Å². The number of hydrogen-bond donors (Lipinski definition) is 3. The molecule has 1 aromatic rings. The van der Waals surface area contributed by atoms with Crippen LogP contribution in [-0.4, -0.2) is 24.3 Å². The number of nitrogens with one attached hydrogen (secondary N) is 3. The Morgan fingerprint density at radius 1 is 0.926 bits per heavy atom. The molecule has 2 aliphatic carbocycles. The summed E-state index contributed by atoms with van der Waals surface area (Å²) in [5.41, 5.74) is 6.13. The number of rotatable bonds is 4. The molecule has 1 aromatic heterocycles. The third kappa shape index (κ3) is 5.79. The van der Waals surface area contributed by atoms with Crippen LogP contribution in [0.3, 0.4) is 0 Å². The molecule has 0 atom stereocenters. The Kier molecular flexibility index (Phi) is 7.26. The van der Waals surface area contributed by atoms with Gasteiger partial charge in [0.1, 0.15) is 0 Å². The third-order valence-corrected chi connectivity index (χ3v) is 6.67. The molecule has 27 heavy (non-hydrogen) atoms. The molecular formula is C20H29N3O3S. The second-order valence-electron chi connectivity index (χ2n) is 7.53. The van der Waals surface area contributed by atoms with Gasteiger partial charge in [-0.3, -0.25) is 25.2 Å². The molecule has 1 heterocycles. The zero-order chi connectivity index (χ0) is 19.1. The standard InChI is InChI=1S/C20H29N3O3S/c24-18(13-21-19(25)14-8-5-3-6-9-14)22-23-20(26)17-12-15-10-4-1-2-7-11-16(15)27-17/h12,14H,1-11,13H2,(H,21,25)(H,22,24)(H,23,26). The predicted octanol–water partition coefficient (Wildman–Crippen LogP) is 2.86. The van der Waals surface area contributed by atoms with Crippen LogP contribution in [0.5, 0.6) is 0 Å². The molecule has 0 bridgehead atoms. The van der Waals surface area contributed by atoms with Crippen molar-refractivity contribution in [2.24, 2.45) is 5.92 Å². The molecule has 3 amide bonds. The van der Waals surface area contributed by atoms with E-state index in [1.807, 2.05) is 6.07 Å². The number of carbonyl (C=O) groups excluding carboxylic acids is 3. The summed E-state index contributed by atoms with van der Waals surface area (Å²) in [7, 11) is 0. The average Bonchev–Trinajstić information content (AvgIpc) is 3.07. The van der Waals surface area contributed by atoms with Crippen LogP contribution in [0.15, 0.2) is 6.07 Å². The van der Waals surface area contributed by atoms with Gasteiger partial charge >= 0.3 is 0 Å². The van der Waals surface area contributed by atoms with Gasteiger partial charge in [0, 0.05) is 10.8 Å². The molecule has 0 aliphatic heterocycles. The van der Waals surface area contributed by atoms with Crippen LogP contribution in [0.25, 0.3) is 0 Å². The molecule has 3 rings (SSSR count). The lowest BCUT2D eigenvalue weighted by atomic mass is 9.89. The Balaban J connectivity index is 1.42. The summed E-state index contributed by atoms with van der Waals surface area (Å²) in [5.74, 6) is -0.748. The number of amides is 3. The summed E-state index contributed by atoms with van der Waals surface area (Å²) in [6, 6.07) is 1.96. The lowest BCUT2D eigenvalue weighted by molar-refractivity contribution is -0.129. The lowest BCUT2D eigenvalue weighted by Crippen LogP contribution is -2.47. The Bertz CT molecular complexity index is 655. The van der Waals surface area contributed by atoms with Gasteiger partial charge < -0.3 is 5.32 Å². The van der Waals surface area contributed by atoms with Crippen molar-refractivity contribution in [2.45, 2.75) is 70.6 Å². The van der Waals surface area contributed by atoms with E-state index in [4.69, 9.17) is 0 Å². The van der Waals surface area contributed by atoms with Crippen LogP contribution in [0.4, 0.5) is 0 Å². The summed E-state index contributed by atoms with van der Waals surface area (Å²) < 4.78 is 0. The van der Waals surface area contributed by atoms with Crippen molar-refractivity contribution in [2.75, 3.05) is 6.54 Å². The highest BCUT2D eigenvalue weighted by molar-refractivity contribution is 7.14. The maximum Gasteiger partial charge on any atom is 0.279 e. The van der Waals surface area contributed by atoms with Crippen LogP contribution in [0.1, 0.15) is 77.9 Å². The average molecular weight is 392 g/mol. The van der Waals surface area contributed by atoms with Crippen molar-refractivity contribution >= 4 is 29.1 Å². The molecule has 148 valence electrons. The molecule has 6 nitrogen and oxygen atoms in total. The fourth-order valence-corrected chi connectivity index (χ4v) is 5.01. The minimum Gasteiger partial charge on any atom is -0.347 e. The third-order valence-electron chi connectivity index (χ3n) is 5.43. The van der Waals surface area contributed by atoms with Gasteiger partial charge in [-0.15, -0.1) is 11.3 Å². The fourth-order valence-electron chi connectivity index (χ4n) is 3.86. The number of thiophene rings is 1. The molecule has 0 spiro atoms. The number of hydrazine groups is 1. The summed E-state index contributed by atoms with van der Waals surface area (Å²) >= 11 is 1.52. The van der Waals surface area contributed by atoms with Gasteiger partial charge in [0.05, 0.1) is 11.4 Å². The first-order valence-electron chi connectivity index (χ1n) is 10.1. The van der Waals surface area contributed by atoms with E-state index in [0.29, 0.717) is 4.88 Å². The topological polar surface area (TPSA) is 87.3 Å². The maximum atomic E-state index is 12.3. The van der Waals surface area contributed by atoms with Gasteiger partial charge in [0.25, 0.3) is 11.8 Å². The summed E-state index contributed by atoms with van der Waals surface area (Å²) in [6.07, 6.45) is 12.0. The summed E-state index contributed by atoms with van der Waals surface area (Å²) in [6.45, 7) is -0.115. The van der Waals surface area contributed by atoms with E-state index in [2.05, 4.69) is 16.2 Å². The van der Waals surface area contributed by atoms with Crippen molar-refractivity contribution < 1.29 is 14.4 Å². The van der Waals surface area contributed by atoms with Crippen LogP contribution < -0.4 is 16.2 Å². The Labute approximate surface area is 164 Å². The smallest absolute Gasteiger partial charge is 0.279 e. The quantitative estimate of drug-likeness (QED) is 0.690. The monoisotopic (exact) mass is 391 g/mol. The van der Waals surface area contributed by atoms with Gasteiger partial charge in [0.2, 0.25) is 5.91 Å². The lowest BCUT2D eigenvalue weighted by Gasteiger charge is -2.20. The molecule has 0 radical (unpaired) electrons. The maximum absolute atomic E-state index is 12.3. The van der Waals surface area contributed by atoms with Crippen molar-refractivity contribution in [3.8, 4) is 0 Å². The molecule has 3 N–H and O–H groups in total. The van der Waals surface area contributed by atoms with Crippen molar-refractivity contribution in [1.29, 1.82) is 0 Å². The van der Waals surface area contributed by atoms with Crippen molar-refractivity contribution in [1.82, 2.24) is 16.2 Å². The highest BCUT2D eigenvalue weighted by atomic mass is 32.1. The molecule has 2 aliphatic rings. The normalized spacial score (nSPS) is 17.9. The summed E-state index contributed by atoms with van der Waals surface area (Å²) in [4.78, 5) is 38.2. The first-order chi connectivity index (χ1) is 13.1. The highest BCUT2D eigenvalue weighted by Crippen LogP contribution is 2.28. The van der Waals surface area contributed by atoms with E-state index in [-0.39, 0.29) is 24.3 Å². The first-order valence-corrected chi connectivity index (χ1v) is 10.9. The summed E-state index contributed by atoms with van der Waals surface area (Å²) in [5, 5.41) is 2.67. The van der Waals surface area contributed by atoms with Crippen LogP contribution in [0, 0.1) is 5.92 Å². The first kappa shape index (κ1) is 19.9. The zero-order valence-corrected chi connectivity index (χ0v) is 16.6. The highest BCUT2D eigenvalue weighted by Gasteiger charge is 2.21. The van der Waals surface area contributed by atoms with Gasteiger partial charge in [-0.2, -0.15) is 0 Å². The fraction of sp³-hybridized carbons (Fsp3) is 0.650. The number of fused-ring (bicyclic) bond motifs is 1. The van der Waals surface area contributed by atoms with E-state index in [9.17, 15) is 14.4 Å². The zero-order valence-electron chi connectivity index (χ0n) is 15.8. The largest absolute Gasteiger partial charge is 0.347 e. The molecule has 0 aromatic carbocycles. The molecule has 0 unspecified atom stereocenters. The molecule has 0 saturated heterocycles. The van der Waals surface area contributed by atoms with E-state index in [1.165, 1.54) is 53.9 Å². The van der Waals surface area contributed by atoms with E-state index in [0.717, 1.165) is 38.5 Å². The Morgan fingerprint density at radius 3 is 2.41 bits per heavy atom. The molecular weight excluding hydrogens is 362 g/mol. The SMILES string of the molecule is O=C(CNC(=O)C1CCCCC1)NNC(=O)c1cc2c(s1)CCCCCC2. The van der Waals surface area contributed by atoms with Crippen LogP contribution in [-0.2, 0) is 22.4 Å². The number of carbonyl (C=O) groups is 3. The minimum atomic E-state index is -0.414. The molecule has 1 saturated carbocycles. The van der Waals surface area contributed by atoms with Crippen LogP contribution >= 0.6 is 11.3 Å². The molecule has 1 fully saturated rings. The van der Waals surface area contributed by atoms with E-state index < -0.39 is 5.91 Å². The molecule has 7 heteroatoms. The van der Waals surface area contributed by atoms with Gasteiger partial charge in [0.15, 0.2) is 0 Å². The van der Waals surface area contributed by atoms with E-state index in [1.54, 1.807) is 0 Å². The number of aryl methyl sites for hydroxylation is 2. The van der Waals surface area contributed by atoms with Gasteiger partial charge in [-0.25, -0.2) is 0 Å². The Morgan fingerprint density at radius 2 is 1.63 bits per heavy atom. The minimum absolute atomic E-state index is 0.0201. The van der Waals surface area contributed by atoms with Crippen molar-refractivity contribution in [3.63, 3.8) is 0 Å². The second-order valence-corrected chi connectivity index (χ2v) is 8.67.